The Labute approximate surface area is 172 Å². The van der Waals surface area contributed by atoms with Crippen molar-refractivity contribution in [3.8, 4) is 0 Å². The highest BCUT2D eigenvalue weighted by Gasteiger charge is 2.15. The van der Waals surface area contributed by atoms with Gasteiger partial charge in [0, 0.05) is 24.3 Å². The van der Waals surface area contributed by atoms with E-state index in [1.54, 1.807) is 6.07 Å². The fraction of sp³-hybridized carbons (Fsp3) is 0.100. The van der Waals surface area contributed by atoms with E-state index in [4.69, 9.17) is 4.42 Å². The third-order valence-electron chi connectivity index (χ3n) is 3.96. The van der Waals surface area contributed by atoms with E-state index in [0.29, 0.717) is 0 Å². The number of furan rings is 1. The summed E-state index contributed by atoms with van der Waals surface area (Å²) in [5.74, 6) is -1.11. The number of hydrogen-bond acceptors (Lipinski definition) is 5. The molecule has 1 heterocycles. The summed E-state index contributed by atoms with van der Waals surface area (Å²) in [5.41, 5.74) is 0.475. The van der Waals surface area contributed by atoms with Gasteiger partial charge in [-0.1, -0.05) is 0 Å². The fourth-order valence-corrected chi connectivity index (χ4v) is 3.53. The van der Waals surface area contributed by atoms with Crippen LogP contribution in [0.25, 0.3) is 0 Å². The van der Waals surface area contributed by atoms with Crippen molar-refractivity contribution in [1.82, 2.24) is 10.6 Å². The molecule has 0 radical (unpaired) electrons. The molecule has 10 heteroatoms. The molecule has 156 valence electrons. The van der Waals surface area contributed by atoms with Crippen LogP contribution in [-0.2, 0) is 10.0 Å². The van der Waals surface area contributed by atoms with Crippen molar-refractivity contribution in [2.24, 2.45) is 0 Å². The largest absolute Gasteiger partial charge is 0.459 e. The van der Waals surface area contributed by atoms with Crippen LogP contribution in [-0.4, -0.2) is 33.3 Å². The topological polar surface area (TPSA) is 118 Å². The molecule has 0 spiro atoms. The van der Waals surface area contributed by atoms with E-state index in [2.05, 4.69) is 15.4 Å². The van der Waals surface area contributed by atoms with Gasteiger partial charge in [0.25, 0.3) is 21.8 Å². The average Bonchev–Trinajstić information content (AvgIpc) is 3.27. The highest BCUT2D eigenvalue weighted by atomic mass is 32.2. The summed E-state index contributed by atoms with van der Waals surface area (Å²) in [7, 11) is -3.88. The number of sulfonamides is 1. The van der Waals surface area contributed by atoms with Crippen molar-refractivity contribution in [2.75, 3.05) is 17.8 Å². The molecule has 0 aliphatic heterocycles. The molecule has 2 aromatic carbocycles. The first-order valence-electron chi connectivity index (χ1n) is 8.83. The minimum atomic E-state index is -3.88. The number of nitrogens with one attached hydrogen (secondary N) is 3. The SMILES string of the molecule is O=C(NCCNC(=O)c1ccco1)c1ccc(S(=O)(=O)Nc2ccc(F)cc2)cc1. The Bertz CT molecular complexity index is 1110. The predicted octanol–water partition coefficient (Wildman–Crippen LogP) is 2.38. The molecule has 3 rings (SSSR count). The highest BCUT2D eigenvalue weighted by molar-refractivity contribution is 7.92. The first-order valence-corrected chi connectivity index (χ1v) is 10.3. The van der Waals surface area contributed by atoms with E-state index in [1.165, 1.54) is 48.7 Å². The number of carbonyl (C=O) groups excluding carboxylic acids is 2. The quantitative estimate of drug-likeness (QED) is 0.474. The van der Waals surface area contributed by atoms with Crippen molar-refractivity contribution < 1.29 is 26.8 Å². The molecule has 0 atom stereocenters. The van der Waals surface area contributed by atoms with Gasteiger partial charge in [-0.05, 0) is 60.7 Å². The molecule has 3 N–H and O–H groups in total. The summed E-state index contributed by atoms with van der Waals surface area (Å²) >= 11 is 0. The van der Waals surface area contributed by atoms with Gasteiger partial charge < -0.3 is 15.1 Å². The van der Waals surface area contributed by atoms with Crippen LogP contribution in [0.15, 0.2) is 76.2 Å². The maximum absolute atomic E-state index is 12.9. The highest BCUT2D eigenvalue weighted by Crippen LogP contribution is 2.17. The second-order valence-corrected chi connectivity index (χ2v) is 7.81. The Kier molecular flexibility index (Phi) is 6.48. The molecular weight excluding hydrogens is 413 g/mol. The molecule has 30 heavy (non-hydrogen) atoms. The number of hydrogen-bond donors (Lipinski definition) is 3. The number of rotatable bonds is 8. The van der Waals surface area contributed by atoms with Gasteiger partial charge in [-0.15, -0.1) is 0 Å². The summed E-state index contributed by atoms with van der Waals surface area (Å²) in [6.45, 7) is 0.372. The predicted molar refractivity (Wildman–Crippen MR) is 107 cm³/mol. The summed E-state index contributed by atoms with van der Waals surface area (Å²) in [6, 6.07) is 13.3. The molecule has 3 aromatic rings. The third-order valence-corrected chi connectivity index (χ3v) is 5.36. The van der Waals surface area contributed by atoms with Gasteiger partial charge in [-0.2, -0.15) is 0 Å². The van der Waals surface area contributed by atoms with Gasteiger partial charge in [0.15, 0.2) is 5.76 Å². The lowest BCUT2D eigenvalue weighted by Gasteiger charge is -2.09. The molecule has 8 nitrogen and oxygen atoms in total. The van der Waals surface area contributed by atoms with Crippen LogP contribution in [0.3, 0.4) is 0 Å². The first kappa shape index (κ1) is 21.1. The van der Waals surface area contributed by atoms with E-state index in [9.17, 15) is 22.4 Å². The molecule has 1 aromatic heterocycles. The zero-order valence-corrected chi connectivity index (χ0v) is 16.4. The minimum Gasteiger partial charge on any atom is -0.459 e. The zero-order valence-electron chi connectivity index (χ0n) is 15.6. The van der Waals surface area contributed by atoms with Crippen LogP contribution >= 0.6 is 0 Å². The normalized spacial score (nSPS) is 11.0. The minimum absolute atomic E-state index is 0.0471. The Morgan fingerprint density at radius 1 is 0.867 bits per heavy atom. The third kappa shape index (κ3) is 5.45. The van der Waals surface area contributed by atoms with Gasteiger partial charge in [0.1, 0.15) is 5.82 Å². The van der Waals surface area contributed by atoms with Crippen LogP contribution < -0.4 is 15.4 Å². The Morgan fingerprint density at radius 3 is 2.10 bits per heavy atom. The molecular formula is C20H18FN3O5S. The van der Waals surface area contributed by atoms with Crippen LogP contribution in [0.5, 0.6) is 0 Å². The summed E-state index contributed by atoms with van der Waals surface area (Å²) in [4.78, 5) is 23.8. The summed E-state index contributed by atoms with van der Waals surface area (Å²) in [6.07, 6.45) is 1.38. The lowest BCUT2D eigenvalue weighted by molar-refractivity contribution is 0.0910. The van der Waals surface area contributed by atoms with Gasteiger partial charge in [-0.3, -0.25) is 14.3 Å². The van der Waals surface area contributed by atoms with Gasteiger partial charge in [0.2, 0.25) is 0 Å². The van der Waals surface area contributed by atoms with E-state index in [1.807, 2.05) is 0 Å². The number of halogens is 1. The summed E-state index contributed by atoms with van der Waals surface area (Å²) < 4.78 is 45.0. The van der Waals surface area contributed by atoms with E-state index in [0.717, 1.165) is 12.1 Å². The zero-order chi connectivity index (χ0) is 21.6. The molecule has 0 fully saturated rings. The van der Waals surface area contributed by atoms with E-state index >= 15 is 0 Å². The maximum atomic E-state index is 12.9. The fourth-order valence-electron chi connectivity index (χ4n) is 2.47. The Balaban J connectivity index is 1.52. The number of amides is 2. The second kappa shape index (κ2) is 9.23. The standard InChI is InChI=1S/C20H18FN3O5S/c21-15-5-7-16(8-6-15)24-30(27,28)17-9-3-14(4-10-17)19(25)22-11-12-23-20(26)18-2-1-13-29-18/h1-10,13,24H,11-12H2,(H,22,25)(H,23,26). The Hall–Kier alpha value is -3.66. The van der Waals surface area contributed by atoms with E-state index in [-0.39, 0.29) is 35.0 Å². The van der Waals surface area contributed by atoms with Gasteiger partial charge in [-0.25, -0.2) is 12.8 Å². The van der Waals surface area contributed by atoms with Crippen molar-refractivity contribution >= 4 is 27.5 Å². The number of carbonyl (C=O) groups is 2. The van der Waals surface area contributed by atoms with Crippen LogP contribution in [0.4, 0.5) is 10.1 Å². The smallest absolute Gasteiger partial charge is 0.287 e. The maximum Gasteiger partial charge on any atom is 0.287 e. The van der Waals surface area contributed by atoms with E-state index < -0.39 is 27.7 Å². The molecule has 2 amide bonds. The van der Waals surface area contributed by atoms with Crippen LogP contribution in [0.2, 0.25) is 0 Å². The van der Waals surface area contributed by atoms with Crippen LogP contribution in [0, 0.1) is 5.82 Å². The van der Waals surface area contributed by atoms with Gasteiger partial charge >= 0.3 is 0 Å². The van der Waals surface area contributed by atoms with Crippen LogP contribution in [0.1, 0.15) is 20.9 Å². The van der Waals surface area contributed by atoms with Gasteiger partial charge in [0.05, 0.1) is 11.2 Å². The number of benzene rings is 2. The average molecular weight is 431 g/mol. The monoisotopic (exact) mass is 431 g/mol. The molecule has 0 saturated carbocycles. The summed E-state index contributed by atoms with van der Waals surface area (Å²) in [5, 5.41) is 5.21. The Morgan fingerprint density at radius 2 is 1.50 bits per heavy atom. The molecule has 0 unspecified atom stereocenters. The first-order chi connectivity index (χ1) is 14.3. The molecule has 0 bridgehead atoms. The molecule has 0 saturated heterocycles. The lowest BCUT2D eigenvalue weighted by Crippen LogP contribution is -2.34. The van der Waals surface area contributed by atoms with Crippen molar-refractivity contribution in [3.63, 3.8) is 0 Å². The van der Waals surface area contributed by atoms with Crippen molar-refractivity contribution in [1.29, 1.82) is 0 Å². The number of anilines is 1. The van der Waals surface area contributed by atoms with Crippen molar-refractivity contribution in [2.45, 2.75) is 4.90 Å². The van der Waals surface area contributed by atoms with Crippen molar-refractivity contribution in [3.05, 3.63) is 84.1 Å². The molecule has 0 aliphatic rings. The second-order valence-electron chi connectivity index (χ2n) is 6.13. The molecule has 0 aliphatic carbocycles. The lowest BCUT2D eigenvalue weighted by atomic mass is 10.2.